The van der Waals surface area contributed by atoms with Gasteiger partial charge < -0.3 is 10.5 Å². The molecule has 3 heteroatoms. The Morgan fingerprint density at radius 2 is 1.91 bits per heavy atom. The van der Waals surface area contributed by atoms with Crippen LogP contribution in [-0.4, -0.2) is 17.3 Å². The number of nitrogens with one attached hydrogen (secondary N) is 1. The van der Waals surface area contributed by atoms with Crippen LogP contribution in [0.2, 0.25) is 0 Å². The Hall–Kier alpha value is -1.12. The first kappa shape index (κ1) is 9.88. The van der Waals surface area contributed by atoms with E-state index in [9.17, 15) is 4.79 Å². The lowest BCUT2D eigenvalue weighted by Crippen LogP contribution is -1.91. The van der Waals surface area contributed by atoms with Gasteiger partial charge in [-0.15, -0.1) is 0 Å². The van der Waals surface area contributed by atoms with E-state index in [2.05, 4.69) is 0 Å². The summed E-state index contributed by atoms with van der Waals surface area (Å²) in [5.41, 5.74) is 0. The van der Waals surface area contributed by atoms with Gasteiger partial charge in [-0.2, -0.15) is 0 Å². The zero-order valence-corrected chi connectivity index (χ0v) is 6.42. The molecular formula is C8H13NO2. The SMILES string of the molecule is N=CCCC=CCCC(=O)O. The molecule has 0 aromatic rings. The molecule has 0 atom stereocenters. The van der Waals surface area contributed by atoms with E-state index in [0.717, 1.165) is 12.8 Å². The van der Waals surface area contributed by atoms with E-state index >= 15 is 0 Å². The van der Waals surface area contributed by atoms with Crippen molar-refractivity contribution >= 4 is 12.2 Å². The molecule has 0 saturated heterocycles. The molecule has 0 heterocycles. The second kappa shape index (κ2) is 6.99. The number of aliphatic carboxylic acids is 1. The summed E-state index contributed by atoms with van der Waals surface area (Å²) >= 11 is 0. The van der Waals surface area contributed by atoms with Crippen LogP contribution in [0, 0.1) is 5.41 Å². The van der Waals surface area contributed by atoms with Crippen LogP contribution in [0.1, 0.15) is 25.7 Å². The quantitative estimate of drug-likeness (QED) is 0.349. The van der Waals surface area contributed by atoms with Gasteiger partial charge >= 0.3 is 5.97 Å². The topological polar surface area (TPSA) is 61.2 Å². The van der Waals surface area contributed by atoms with Gasteiger partial charge in [0.15, 0.2) is 0 Å². The molecule has 0 aromatic carbocycles. The molecule has 0 radical (unpaired) electrons. The molecule has 0 bridgehead atoms. The van der Waals surface area contributed by atoms with E-state index in [4.69, 9.17) is 10.5 Å². The minimum absolute atomic E-state index is 0.196. The van der Waals surface area contributed by atoms with Crippen LogP contribution in [0.3, 0.4) is 0 Å². The van der Waals surface area contributed by atoms with Crippen molar-refractivity contribution in [3.63, 3.8) is 0 Å². The maximum absolute atomic E-state index is 10.0. The van der Waals surface area contributed by atoms with Crippen LogP contribution in [0.5, 0.6) is 0 Å². The number of hydrogen-bond donors (Lipinski definition) is 2. The summed E-state index contributed by atoms with van der Waals surface area (Å²) in [5, 5.41) is 14.9. The third-order valence-electron chi connectivity index (χ3n) is 1.17. The van der Waals surface area contributed by atoms with Crippen molar-refractivity contribution in [3.8, 4) is 0 Å². The zero-order chi connectivity index (χ0) is 8.53. The number of hydrogen-bond acceptors (Lipinski definition) is 2. The van der Waals surface area contributed by atoms with Gasteiger partial charge in [0.25, 0.3) is 0 Å². The van der Waals surface area contributed by atoms with Gasteiger partial charge in [0.05, 0.1) is 0 Å². The molecule has 0 aliphatic carbocycles. The van der Waals surface area contributed by atoms with Gasteiger partial charge in [0.2, 0.25) is 0 Å². The summed E-state index contributed by atoms with van der Waals surface area (Å²) in [5.74, 6) is -0.762. The average molecular weight is 155 g/mol. The zero-order valence-electron chi connectivity index (χ0n) is 6.42. The molecule has 0 fully saturated rings. The first-order valence-corrected chi connectivity index (χ1v) is 3.63. The Balaban J connectivity index is 3.16. The molecule has 0 aliphatic rings. The molecule has 3 nitrogen and oxygen atoms in total. The highest BCUT2D eigenvalue weighted by molar-refractivity contribution is 5.66. The van der Waals surface area contributed by atoms with E-state index in [1.54, 1.807) is 0 Å². The third kappa shape index (κ3) is 8.88. The Morgan fingerprint density at radius 3 is 2.45 bits per heavy atom. The van der Waals surface area contributed by atoms with Gasteiger partial charge in [-0.25, -0.2) is 0 Å². The summed E-state index contributed by atoms with van der Waals surface area (Å²) in [6, 6.07) is 0. The predicted octanol–water partition coefficient (Wildman–Crippen LogP) is 1.84. The standard InChI is InChI=1S/C8H13NO2/c9-7-5-3-1-2-4-6-8(10)11/h1-2,7,9H,3-6H2,(H,10,11). The van der Waals surface area contributed by atoms with Crippen LogP contribution in [0.15, 0.2) is 12.2 Å². The first-order valence-electron chi connectivity index (χ1n) is 3.63. The van der Waals surface area contributed by atoms with Crippen LogP contribution >= 0.6 is 0 Å². The summed E-state index contributed by atoms with van der Waals surface area (Å²) in [6.45, 7) is 0. The fourth-order valence-electron chi connectivity index (χ4n) is 0.622. The van der Waals surface area contributed by atoms with E-state index in [1.807, 2.05) is 12.2 Å². The summed E-state index contributed by atoms with van der Waals surface area (Å²) in [4.78, 5) is 10.0. The third-order valence-corrected chi connectivity index (χ3v) is 1.17. The molecule has 0 rings (SSSR count). The fraction of sp³-hybridized carbons (Fsp3) is 0.500. The monoisotopic (exact) mass is 155 g/mol. The van der Waals surface area contributed by atoms with Crippen molar-refractivity contribution in [1.29, 1.82) is 5.41 Å². The molecule has 0 aromatic heterocycles. The maximum Gasteiger partial charge on any atom is 0.303 e. The van der Waals surface area contributed by atoms with Crippen molar-refractivity contribution in [2.24, 2.45) is 0 Å². The molecule has 62 valence electrons. The van der Waals surface area contributed by atoms with Gasteiger partial charge in [0, 0.05) is 6.42 Å². The number of carboxylic acid groups (broad SMARTS) is 1. The van der Waals surface area contributed by atoms with Crippen molar-refractivity contribution < 1.29 is 9.90 Å². The van der Waals surface area contributed by atoms with Crippen LogP contribution in [0.4, 0.5) is 0 Å². The fourth-order valence-corrected chi connectivity index (χ4v) is 0.622. The molecule has 2 N–H and O–H groups in total. The second-order valence-corrected chi connectivity index (χ2v) is 2.19. The lowest BCUT2D eigenvalue weighted by molar-refractivity contribution is -0.136. The van der Waals surface area contributed by atoms with Crippen molar-refractivity contribution in [3.05, 3.63) is 12.2 Å². The molecule has 0 unspecified atom stereocenters. The van der Waals surface area contributed by atoms with Gasteiger partial charge in [0.1, 0.15) is 0 Å². The summed E-state index contributed by atoms with van der Waals surface area (Å²) < 4.78 is 0. The lowest BCUT2D eigenvalue weighted by Gasteiger charge is -1.87. The van der Waals surface area contributed by atoms with E-state index in [1.165, 1.54) is 6.21 Å². The first-order chi connectivity index (χ1) is 5.27. The average Bonchev–Trinajstić information content (AvgIpc) is 1.96. The minimum atomic E-state index is -0.762. The van der Waals surface area contributed by atoms with Crippen LogP contribution in [0.25, 0.3) is 0 Å². The smallest absolute Gasteiger partial charge is 0.303 e. The summed E-state index contributed by atoms with van der Waals surface area (Å²) in [6.07, 6.45) is 7.47. The molecule has 0 spiro atoms. The van der Waals surface area contributed by atoms with Crippen molar-refractivity contribution in [2.75, 3.05) is 0 Å². The van der Waals surface area contributed by atoms with Gasteiger partial charge in [-0.3, -0.25) is 4.79 Å². The van der Waals surface area contributed by atoms with E-state index < -0.39 is 5.97 Å². The highest BCUT2D eigenvalue weighted by Gasteiger charge is 1.90. The molecule has 11 heavy (non-hydrogen) atoms. The molecular weight excluding hydrogens is 142 g/mol. The highest BCUT2D eigenvalue weighted by atomic mass is 16.4. The van der Waals surface area contributed by atoms with Gasteiger partial charge in [-0.1, -0.05) is 12.2 Å². The molecule has 0 saturated carbocycles. The van der Waals surface area contributed by atoms with Crippen molar-refractivity contribution in [1.82, 2.24) is 0 Å². The normalized spacial score (nSPS) is 10.2. The van der Waals surface area contributed by atoms with Crippen LogP contribution in [-0.2, 0) is 4.79 Å². The number of carboxylic acids is 1. The summed E-state index contributed by atoms with van der Waals surface area (Å²) in [7, 11) is 0. The second-order valence-electron chi connectivity index (χ2n) is 2.19. The number of allylic oxidation sites excluding steroid dienone is 2. The highest BCUT2D eigenvalue weighted by Crippen LogP contribution is 1.93. The maximum atomic E-state index is 10.0. The van der Waals surface area contributed by atoms with Crippen molar-refractivity contribution in [2.45, 2.75) is 25.7 Å². The van der Waals surface area contributed by atoms with Crippen LogP contribution < -0.4 is 0 Å². The van der Waals surface area contributed by atoms with E-state index in [-0.39, 0.29) is 6.42 Å². The molecule has 0 aliphatic heterocycles. The number of carbonyl (C=O) groups is 1. The Kier molecular flexibility index (Phi) is 6.28. The minimum Gasteiger partial charge on any atom is -0.481 e. The largest absolute Gasteiger partial charge is 0.481 e. The Bertz CT molecular complexity index is 152. The number of unbranched alkanes of at least 4 members (excludes halogenated alkanes) is 1. The van der Waals surface area contributed by atoms with E-state index in [0.29, 0.717) is 6.42 Å². The Morgan fingerprint density at radius 1 is 1.27 bits per heavy atom. The molecule has 0 amide bonds. The van der Waals surface area contributed by atoms with Gasteiger partial charge in [-0.05, 0) is 25.5 Å². The predicted molar refractivity (Wildman–Crippen MR) is 44.0 cm³/mol. The number of rotatable bonds is 6. The lowest BCUT2D eigenvalue weighted by atomic mass is 10.2. The Labute approximate surface area is 66.2 Å².